The fourth-order valence-corrected chi connectivity index (χ4v) is 4.20. The lowest BCUT2D eigenvalue weighted by molar-refractivity contribution is -0.126. The van der Waals surface area contributed by atoms with E-state index in [1.807, 2.05) is 23.1 Å². The predicted molar refractivity (Wildman–Crippen MR) is 110 cm³/mol. The number of carbonyl (C=O) groups excluding carboxylic acids is 1. The number of carbonyl (C=O) groups is 1. The van der Waals surface area contributed by atoms with Crippen LogP contribution in [0, 0.1) is 13.8 Å². The fourth-order valence-electron chi connectivity index (χ4n) is 4.20. The molecule has 0 atom stereocenters. The molecule has 2 heterocycles. The summed E-state index contributed by atoms with van der Waals surface area (Å²) >= 11 is 0. The van der Waals surface area contributed by atoms with Crippen LogP contribution in [0.4, 0.5) is 0 Å². The van der Waals surface area contributed by atoms with Crippen LogP contribution in [-0.2, 0) is 17.8 Å². The van der Waals surface area contributed by atoms with Crippen LogP contribution in [0.2, 0.25) is 0 Å². The van der Waals surface area contributed by atoms with Gasteiger partial charge in [-0.1, -0.05) is 0 Å². The van der Waals surface area contributed by atoms with Gasteiger partial charge < -0.3 is 18.9 Å². The number of hydrogen-bond acceptors (Lipinski definition) is 3. The molecule has 1 aromatic carbocycles. The molecule has 4 rings (SSSR count). The van der Waals surface area contributed by atoms with Crippen LogP contribution in [0.3, 0.4) is 0 Å². The molecule has 1 aliphatic heterocycles. The van der Waals surface area contributed by atoms with E-state index >= 15 is 0 Å². The highest BCUT2D eigenvalue weighted by atomic mass is 16.5. The average molecular weight is 380 g/mol. The van der Waals surface area contributed by atoms with E-state index in [4.69, 9.17) is 9.47 Å². The molecule has 0 N–H and O–H groups in total. The summed E-state index contributed by atoms with van der Waals surface area (Å²) in [6.07, 6.45) is 7.03. The molecule has 0 unspecified atom stereocenters. The van der Waals surface area contributed by atoms with Crippen molar-refractivity contribution in [3.8, 4) is 11.5 Å². The smallest absolute Gasteiger partial charge is 0.246 e. The molecule has 28 heavy (non-hydrogen) atoms. The number of aryl methyl sites for hydroxylation is 1. The molecule has 1 fully saturated rings. The van der Waals surface area contributed by atoms with Gasteiger partial charge in [-0.15, -0.1) is 0 Å². The monoisotopic (exact) mass is 380 g/mol. The van der Waals surface area contributed by atoms with Gasteiger partial charge in [0.05, 0.1) is 14.2 Å². The summed E-state index contributed by atoms with van der Waals surface area (Å²) in [6, 6.07) is 6.85. The molecule has 0 spiro atoms. The van der Waals surface area contributed by atoms with Gasteiger partial charge in [-0.2, -0.15) is 0 Å². The third-order valence-corrected chi connectivity index (χ3v) is 5.87. The van der Waals surface area contributed by atoms with Crippen molar-refractivity contribution in [2.45, 2.75) is 45.7 Å². The van der Waals surface area contributed by atoms with Crippen molar-refractivity contribution in [1.82, 2.24) is 9.47 Å². The Kier molecular flexibility index (Phi) is 4.92. The van der Waals surface area contributed by atoms with Crippen LogP contribution in [0.15, 0.2) is 24.3 Å². The van der Waals surface area contributed by atoms with Crippen molar-refractivity contribution >= 4 is 12.0 Å². The Hall–Kier alpha value is -2.69. The number of rotatable bonds is 5. The van der Waals surface area contributed by atoms with Gasteiger partial charge in [0.15, 0.2) is 11.5 Å². The standard InChI is InChI=1S/C23H28N2O3/c1-15-11-17(16(2)25(15)20-6-7-20)5-8-23(26)24-10-9-18-12-21(27-3)22(28-4)13-19(18)14-24/h5,8,11-13,20H,6-7,9-10,14H2,1-4H3/b8-5+. The van der Waals surface area contributed by atoms with Crippen molar-refractivity contribution in [1.29, 1.82) is 0 Å². The highest BCUT2D eigenvalue weighted by molar-refractivity contribution is 5.92. The first-order valence-corrected chi connectivity index (χ1v) is 9.91. The lowest BCUT2D eigenvalue weighted by atomic mass is 9.98. The maximum absolute atomic E-state index is 12.8. The minimum absolute atomic E-state index is 0.0525. The van der Waals surface area contributed by atoms with Crippen LogP contribution >= 0.6 is 0 Å². The van der Waals surface area contributed by atoms with E-state index in [-0.39, 0.29) is 5.91 Å². The third-order valence-electron chi connectivity index (χ3n) is 5.87. The summed E-state index contributed by atoms with van der Waals surface area (Å²) < 4.78 is 13.2. The minimum atomic E-state index is 0.0525. The number of nitrogens with zero attached hydrogens (tertiary/aromatic N) is 2. The van der Waals surface area contributed by atoms with Gasteiger partial charge >= 0.3 is 0 Å². The van der Waals surface area contributed by atoms with Crippen molar-refractivity contribution < 1.29 is 14.3 Å². The Bertz CT molecular complexity index is 938. The quantitative estimate of drug-likeness (QED) is 0.735. The maximum atomic E-state index is 12.8. The molecule has 1 aromatic heterocycles. The van der Waals surface area contributed by atoms with E-state index in [1.165, 1.54) is 29.8 Å². The zero-order chi connectivity index (χ0) is 19.8. The molecular weight excluding hydrogens is 352 g/mol. The van der Waals surface area contributed by atoms with E-state index in [0.717, 1.165) is 23.3 Å². The number of benzene rings is 1. The van der Waals surface area contributed by atoms with Gasteiger partial charge in [0.25, 0.3) is 0 Å². The molecular formula is C23H28N2O3. The highest BCUT2D eigenvalue weighted by Crippen LogP contribution is 2.38. The number of ether oxygens (including phenoxy) is 2. The normalized spacial score (nSPS) is 16.4. The fraction of sp³-hybridized carbons (Fsp3) is 0.435. The van der Waals surface area contributed by atoms with Crippen molar-refractivity contribution in [3.05, 3.63) is 52.4 Å². The summed E-state index contributed by atoms with van der Waals surface area (Å²) in [5, 5.41) is 0. The van der Waals surface area contributed by atoms with E-state index in [9.17, 15) is 4.79 Å². The molecule has 1 amide bonds. The first kappa shape index (κ1) is 18.7. The summed E-state index contributed by atoms with van der Waals surface area (Å²) in [5.74, 6) is 1.50. The largest absolute Gasteiger partial charge is 0.493 e. The lowest BCUT2D eigenvalue weighted by Crippen LogP contribution is -2.34. The van der Waals surface area contributed by atoms with Gasteiger partial charge in [0.1, 0.15) is 0 Å². The Morgan fingerprint density at radius 1 is 1.07 bits per heavy atom. The Morgan fingerprint density at radius 3 is 2.39 bits per heavy atom. The molecule has 1 saturated carbocycles. The van der Waals surface area contributed by atoms with Gasteiger partial charge in [0, 0.05) is 36.6 Å². The minimum Gasteiger partial charge on any atom is -0.493 e. The topological polar surface area (TPSA) is 43.7 Å². The molecule has 2 aromatic rings. The molecule has 0 bridgehead atoms. The summed E-state index contributed by atoms with van der Waals surface area (Å²) in [7, 11) is 3.28. The first-order valence-electron chi connectivity index (χ1n) is 9.91. The number of hydrogen-bond donors (Lipinski definition) is 0. The predicted octanol–water partition coefficient (Wildman–Crippen LogP) is 4.06. The SMILES string of the molecule is COc1cc2c(cc1OC)CN(C(=O)/C=C/c1cc(C)n(C3CC3)c1C)CC2. The number of amides is 1. The van der Waals surface area contributed by atoms with E-state index < -0.39 is 0 Å². The summed E-state index contributed by atoms with van der Waals surface area (Å²) in [5.41, 5.74) is 6.02. The zero-order valence-corrected chi connectivity index (χ0v) is 17.1. The van der Waals surface area contributed by atoms with E-state index in [0.29, 0.717) is 24.9 Å². The van der Waals surface area contributed by atoms with Crippen LogP contribution in [0.25, 0.3) is 6.08 Å². The third kappa shape index (κ3) is 3.41. The molecule has 0 saturated heterocycles. The summed E-state index contributed by atoms with van der Waals surface area (Å²) in [6.45, 7) is 5.60. The van der Waals surface area contributed by atoms with Crippen molar-refractivity contribution in [2.24, 2.45) is 0 Å². The number of methoxy groups -OCH3 is 2. The van der Waals surface area contributed by atoms with Crippen LogP contribution in [0.1, 0.15) is 47.0 Å². The second-order valence-electron chi connectivity index (χ2n) is 7.75. The first-order chi connectivity index (χ1) is 13.5. The molecule has 5 nitrogen and oxygen atoms in total. The number of aromatic nitrogens is 1. The van der Waals surface area contributed by atoms with E-state index in [1.54, 1.807) is 20.3 Å². The maximum Gasteiger partial charge on any atom is 0.246 e. The van der Waals surface area contributed by atoms with Gasteiger partial charge in [0.2, 0.25) is 5.91 Å². The molecule has 148 valence electrons. The Labute approximate surface area is 166 Å². The van der Waals surface area contributed by atoms with Crippen molar-refractivity contribution in [3.63, 3.8) is 0 Å². The van der Waals surface area contributed by atoms with Gasteiger partial charge in [-0.05, 0) is 74.1 Å². The van der Waals surface area contributed by atoms with Gasteiger partial charge in [-0.3, -0.25) is 4.79 Å². The number of fused-ring (bicyclic) bond motifs is 1. The Balaban J connectivity index is 1.49. The molecule has 5 heteroatoms. The Morgan fingerprint density at radius 2 is 1.75 bits per heavy atom. The summed E-state index contributed by atoms with van der Waals surface area (Å²) in [4.78, 5) is 14.7. The highest BCUT2D eigenvalue weighted by Gasteiger charge is 2.26. The molecule has 2 aliphatic rings. The molecule has 0 radical (unpaired) electrons. The van der Waals surface area contributed by atoms with Crippen LogP contribution in [0.5, 0.6) is 11.5 Å². The molecule has 1 aliphatic carbocycles. The zero-order valence-electron chi connectivity index (χ0n) is 17.1. The van der Waals surface area contributed by atoms with Gasteiger partial charge in [-0.25, -0.2) is 0 Å². The second kappa shape index (κ2) is 7.38. The van der Waals surface area contributed by atoms with Crippen molar-refractivity contribution in [2.75, 3.05) is 20.8 Å². The van der Waals surface area contributed by atoms with E-state index in [2.05, 4.69) is 24.5 Å². The second-order valence-corrected chi connectivity index (χ2v) is 7.75. The average Bonchev–Trinajstić information content (AvgIpc) is 3.49. The van der Waals surface area contributed by atoms with Crippen LogP contribution in [-0.4, -0.2) is 36.1 Å². The van der Waals surface area contributed by atoms with Crippen LogP contribution < -0.4 is 9.47 Å². The lowest BCUT2D eigenvalue weighted by Gasteiger charge is -2.28.